The van der Waals surface area contributed by atoms with Crippen molar-refractivity contribution in [1.29, 1.82) is 0 Å². The van der Waals surface area contributed by atoms with E-state index in [-0.39, 0.29) is 0 Å². The molecule has 2 rings (SSSR count). The summed E-state index contributed by atoms with van der Waals surface area (Å²) in [4.78, 5) is 4.15. The van der Waals surface area contributed by atoms with E-state index in [1.54, 1.807) is 6.20 Å². The SMILES string of the molecule is CC1CC(C)CC(OCc2cncc(Br)c2)C1. The molecule has 1 heterocycles. The predicted octanol–water partition coefficient (Wildman–Crippen LogP) is 4.19. The fraction of sp³-hybridized carbons (Fsp3) is 0.643. The number of rotatable bonds is 3. The van der Waals surface area contributed by atoms with Gasteiger partial charge in [0.25, 0.3) is 0 Å². The van der Waals surface area contributed by atoms with Gasteiger partial charge < -0.3 is 4.74 Å². The van der Waals surface area contributed by atoms with Gasteiger partial charge in [0.15, 0.2) is 0 Å². The average Bonchev–Trinajstić information content (AvgIpc) is 2.25. The topological polar surface area (TPSA) is 22.1 Å². The van der Waals surface area contributed by atoms with E-state index in [2.05, 4.69) is 40.8 Å². The molecule has 0 N–H and O–H groups in total. The molecule has 2 unspecified atom stereocenters. The van der Waals surface area contributed by atoms with Crippen molar-refractivity contribution < 1.29 is 4.74 Å². The Labute approximate surface area is 112 Å². The Morgan fingerprint density at radius 3 is 2.59 bits per heavy atom. The van der Waals surface area contributed by atoms with Crippen molar-refractivity contribution in [2.45, 2.75) is 45.8 Å². The third-order valence-electron chi connectivity index (χ3n) is 3.38. The fourth-order valence-corrected chi connectivity index (χ4v) is 3.17. The van der Waals surface area contributed by atoms with Crippen LogP contribution in [0.4, 0.5) is 0 Å². The second-order valence-corrected chi connectivity index (χ2v) is 6.28. The van der Waals surface area contributed by atoms with Gasteiger partial charge in [-0.3, -0.25) is 4.98 Å². The zero-order valence-electron chi connectivity index (χ0n) is 10.5. The molecule has 1 aliphatic carbocycles. The number of ether oxygens (including phenoxy) is 1. The zero-order valence-corrected chi connectivity index (χ0v) is 12.1. The van der Waals surface area contributed by atoms with E-state index in [1.807, 2.05) is 6.20 Å². The van der Waals surface area contributed by atoms with Gasteiger partial charge in [-0.2, -0.15) is 0 Å². The molecule has 0 radical (unpaired) electrons. The lowest BCUT2D eigenvalue weighted by Crippen LogP contribution is -2.26. The Balaban J connectivity index is 1.85. The lowest BCUT2D eigenvalue weighted by atomic mass is 9.82. The molecule has 0 aromatic carbocycles. The summed E-state index contributed by atoms with van der Waals surface area (Å²) in [6.07, 6.45) is 7.85. The van der Waals surface area contributed by atoms with Crippen LogP contribution in [-0.4, -0.2) is 11.1 Å². The standard InChI is InChI=1S/C14H20BrNO/c1-10-3-11(2)5-14(4-10)17-9-12-6-13(15)8-16-7-12/h6-8,10-11,14H,3-5,9H2,1-2H3. The highest BCUT2D eigenvalue weighted by Crippen LogP contribution is 2.30. The first kappa shape index (κ1) is 13.0. The van der Waals surface area contributed by atoms with Crippen LogP contribution in [0.25, 0.3) is 0 Å². The lowest BCUT2D eigenvalue weighted by Gasteiger charge is -2.31. The lowest BCUT2D eigenvalue weighted by molar-refractivity contribution is -0.00926. The minimum atomic E-state index is 0.424. The van der Waals surface area contributed by atoms with E-state index >= 15 is 0 Å². The van der Waals surface area contributed by atoms with Crippen molar-refractivity contribution in [3.63, 3.8) is 0 Å². The minimum absolute atomic E-state index is 0.424. The highest BCUT2D eigenvalue weighted by molar-refractivity contribution is 9.10. The van der Waals surface area contributed by atoms with Crippen molar-refractivity contribution in [3.05, 3.63) is 28.5 Å². The Kier molecular flexibility index (Phi) is 4.57. The van der Waals surface area contributed by atoms with Gasteiger partial charge in [-0.1, -0.05) is 13.8 Å². The average molecular weight is 298 g/mol. The summed E-state index contributed by atoms with van der Waals surface area (Å²) >= 11 is 3.43. The predicted molar refractivity (Wildman–Crippen MR) is 72.7 cm³/mol. The number of aromatic nitrogens is 1. The summed E-state index contributed by atoms with van der Waals surface area (Å²) in [5, 5.41) is 0. The second-order valence-electron chi connectivity index (χ2n) is 5.36. The van der Waals surface area contributed by atoms with E-state index in [9.17, 15) is 0 Å². The molecule has 1 aromatic heterocycles. The van der Waals surface area contributed by atoms with E-state index in [4.69, 9.17) is 4.74 Å². The summed E-state index contributed by atoms with van der Waals surface area (Å²) in [5.74, 6) is 1.59. The molecule has 1 aliphatic rings. The molecule has 0 saturated heterocycles. The number of hydrogen-bond acceptors (Lipinski definition) is 2. The largest absolute Gasteiger partial charge is 0.373 e. The molecule has 2 nitrogen and oxygen atoms in total. The Bertz CT molecular complexity index is 359. The first-order chi connectivity index (χ1) is 8.13. The smallest absolute Gasteiger partial charge is 0.0735 e. The Morgan fingerprint density at radius 2 is 1.94 bits per heavy atom. The van der Waals surface area contributed by atoms with Crippen LogP contribution in [0.1, 0.15) is 38.7 Å². The maximum absolute atomic E-state index is 6.00. The van der Waals surface area contributed by atoms with Gasteiger partial charge in [-0.05, 0) is 58.7 Å². The van der Waals surface area contributed by atoms with Crippen LogP contribution >= 0.6 is 15.9 Å². The molecule has 0 spiro atoms. The fourth-order valence-electron chi connectivity index (χ4n) is 2.76. The maximum atomic E-state index is 6.00. The highest BCUT2D eigenvalue weighted by Gasteiger charge is 2.24. The van der Waals surface area contributed by atoms with Gasteiger partial charge in [0.05, 0.1) is 12.7 Å². The molecule has 2 atom stereocenters. The quantitative estimate of drug-likeness (QED) is 0.835. The molecule has 17 heavy (non-hydrogen) atoms. The van der Waals surface area contributed by atoms with Crippen molar-refractivity contribution >= 4 is 15.9 Å². The zero-order chi connectivity index (χ0) is 12.3. The van der Waals surface area contributed by atoms with E-state index < -0.39 is 0 Å². The molecule has 3 heteroatoms. The van der Waals surface area contributed by atoms with Crippen LogP contribution < -0.4 is 0 Å². The van der Waals surface area contributed by atoms with Crippen LogP contribution in [0.15, 0.2) is 22.9 Å². The maximum Gasteiger partial charge on any atom is 0.0735 e. The normalized spacial score (nSPS) is 29.2. The van der Waals surface area contributed by atoms with Crippen LogP contribution in [-0.2, 0) is 11.3 Å². The van der Waals surface area contributed by atoms with Crippen LogP contribution in [0.3, 0.4) is 0 Å². The van der Waals surface area contributed by atoms with E-state index in [0.717, 1.165) is 21.9 Å². The third kappa shape index (κ3) is 4.07. The summed E-state index contributed by atoms with van der Waals surface area (Å²) < 4.78 is 7.02. The number of halogens is 1. The molecule has 1 saturated carbocycles. The van der Waals surface area contributed by atoms with Gasteiger partial charge in [-0.25, -0.2) is 0 Å². The van der Waals surface area contributed by atoms with Gasteiger partial charge in [0, 0.05) is 16.9 Å². The summed E-state index contributed by atoms with van der Waals surface area (Å²) in [7, 11) is 0. The monoisotopic (exact) mass is 297 g/mol. The van der Waals surface area contributed by atoms with Crippen molar-refractivity contribution in [1.82, 2.24) is 4.98 Å². The third-order valence-corrected chi connectivity index (χ3v) is 3.82. The molecule has 0 aliphatic heterocycles. The molecule has 94 valence electrons. The highest BCUT2D eigenvalue weighted by atomic mass is 79.9. The summed E-state index contributed by atoms with van der Waals surface area (Å²) in [5.41, 5.74) is 1.14. The molecule has 1 aromatic rings. The first-order valence-electron chi connectivity index (χ1n) is 6.34. The van der Waals surface area contributed by atoms with Crippen molar-refractivity contribution in [3.8, 4) is 0 Å². The van der Waals surface area contributed by atoms with E-state index in [0.29, 0.717) is 12.7 Å². The van der Waals surface area contributed by atoms with Gasteiger partial charge in [-0.15, -0.1) is 0 Å². The van der Waals surface area contributed by atoms with Crippen LogP contribution in [0.2, 0.25) is 0 Å². The Hall–Kier alpha value is -0.410. The number of pyridine rings is 1. The van der Waals surface area contributed by atoms with E-state index in [1.165, 1.54) is 19.3 Å². The van der Waals surface area contributed by atoms with Crippen LogP contribution in [0.5, 0.6) is 0 Å². The number of hydrogen-bond donors (Lipinski definition) is 0. The molecule has 1 fully saturated rings. The molecular formula is C14H20BrNO. The van der Waals surface area contributed by atoms with Crippen LogP contribution in [0, 0.1) is 11.8 Å². The second kappa shape index (κ2) is 5.96. The molecular weight excluding hydrogens is 278 g/mol. The first-order valence-corrected chi connectivity index (χ1v) is 7.14. The van der Waals surface area contributed by atoms with Gasteiger partial charge in [0.1, 0.15) is 0 Å². The Morgan fingerprint density at radius 1 is 1.24 bits per heavy atom. The summed E-state index contributed by atoms with van der Waals surface area (Å²) in [6.45, 7) is 5.33. The molecule has 0 bridgehead atoms. The minimum Gasteiger partial charge on any atom is -0.373 e. The van der Waals surface area contributed by atoms with Crippen molar-refractivity contribution in [2.75, 3.05) is 0 Å². The van der Waals surface area contributed by atoms with Gasteiger partial charge in [0.2, 0.25) is 0 Å². The summed E-state index contributed by atoms with van der Waals surface area (Å²) in [6, 6.07) is 2.07. The van der Waals surface area contributed by atoms with Gasteiger partial charge >= 0.3 is 0 Å². The molecule has 0 amide bonds. The van der Waals surface area contributed by atoms with Crippen molar-refractivity contribution in [2.24, 2.45) is 11.8 Å². The number of nitrogens with zero attached hydrogens (tertiary/aromatic N) is 1.